The number of hydrogen-bond donors (Lipinski definition) is 0. The monoisotopic (exact) mass is 340 g/mol. The second kappa shape index (κ2) is 5.93. The van der Waals surface area contributed by atoms with Crippen molar-refractivity contribution in [3.8, 4) is 0 Å². The van der Waals surface area contributed by atoms with Crippen LogP contribution in [0.3, 0.4) is 0 Å². The predicted octanol–water partition coefficient (Wildman–Crippen LogP) is 6.69. The van der Waals surface area contributed by atoms with Crippen molar-refractivity contribution in [3.05, 3.63) is 95.1 Å². The van der Waals surface area contributed by atoms with Gasteiger partial charge in [0, 0.05) is 9.79 Å². The van der Waals surface area contributed by atoms with Gasteiger partial charge in [0.15, 0.2) is 0 Å². The average Bonchev–Trinajstić information content (AvgIpc) is 2.67. The first-order valence-electron chi connectivity index (χ1n) is 9.02. The van der Waals surface area contributed by atoms with Crippen molar-refractivity contribution in [1.29, 1.82) is 0 Å². The van der Waals surface area contributed by atoms with Crippen LogP contribution in [-0.2, 0) is 6.42 Å². The van der Waals surface area contributed by atoms with Crippen molar-refractivity contribution in [2.75, 3.05) is 0 Å². The molecule has 122 valence electrons. The molecule has 3 aromatic carbocycles. The Morgan fingerprint density at radius 1 is 0.720 bits per heavy atom. The largest absolute Gasteiger partial charge is 0.0888 e. The summed E-state index contributed by atoms with van der Waals surface area (Å²) < 4.78 is 0. The number of rotatable bonds is 0. The number of aryl methyl sites for hydroxylation is 1. The van der Waals surface area contributed by atoms with E-state index in [1.54, 1.807) is 0 Å². The minimum atomic E-state index is 0.578. The van der Waals surface area contributed by atoms with E-state index in [0.717, 1.165) is 0 Å². The van der Waals surface area contributed by atoms with E-state index in [-0.39, 0.29) is 0 Å². The van der Waals surface area contributed by atoms with E-state index < -0.39 is 0 Å². The van der Waals surface area contributed by atoms with Gasteiger partial charge in [0.1, 0.15) is 0 Å². The van der Waals surface area contributed by atoms with Gasteiger partial charge in [-0.05, 0) is 64.3 Å². The molecule has 0 nitrogen and oxygen atoms in total. The number of hydrogen-bond acceptors (Lipinski definition) is 1. The Kier molecular flexibility index (Phi) is 3.57. The third kappa shape index (κ3) is 2.38. The van der Waals surface area contributed by atoms with Crippen LogP contribution < -0.4 is 0 Å². The Balaban J connectivity index is 1.89. The van der Waals surface area contributed by atoms with E-state index in [1.807, 2.05) is 11.8 Å². The van der Waals surface area contributed by atoms with E-state index >= 15 is 0 Å². The molecule has 0 fully saturated rings. The van der Waals surface area contributed by atoms with Crippen molar-refractivity contribution >= 4 is 22.9 Å². The fourth-order valence-electron chi connectivity index (χ4n) is 4.24. The molecule has 1 aliphatic carbocycles. The molecule has 1 heterocycles. The molecule has 5 rings (SSSR count). The van der Waals surface area contributed by atoms with Gasteiger partial charge in [0.2, 0.25) is 0 Å². The Hall–Kier alpha value is -2.25. The van der Waals surface area contributed by atoms with Crippen LogP contribution in [0.25, 0.3) is 11.1 Å². The fraction of sp³-hybridized carbons (Fsp3) is 0.167. The highest BCUT2D eigenvalue weighted by atomic mass is 32.2. The maximum Gasteiger partial charge on any atom is 0.0201 e. The first-order valence-corrected chi connectivity index (χ1v) is 9.83. The molecule has 0 aromatic heterocycles. The lowest BCUT2D eigenvalue weighted by molar-refractivity contribution is 0.643. The predicted molar refractivity (Wildman–Crippen MR) is 107 cm³/mol. The molecule has 0 radical (unpaired) electrons. The van der Waals surface area contributed by atoms with Crippen molar-refractivity contribution in [3.63, 3.8) is 0 Å². The van der Waals surface area contributed by atoms with E-state index in [9.17, 15) is 0 Å². The highest BCUT2D eigenvalue weighted by Gasteiger charge is 2.29. The normalized spacial score (nSPS) is 18.4. The topological polar surface area (TPSA) is 0 Å². The van der Waals surface area contributed by atoms with Crippen LogP contribution in [0.1, 0.15) is 35.6 Å². The third-order valence-electron chi connectivity index (χ3n) is 5.45. The summed E-state index contributed by atoms with van der Waals surface area (Å²) in [6, 6.07) is 26.8. The first-order chi connectivity index (χ1) is 12.3. The molecule has 2 aliphatic rings. The molecule has 0 spiro atoms. The average molecular weight is 340 g/mol. The number of benzene rings is 3. The van der Waals surface area contributed by atoms with Gasteiger partial charge in [0.05, 0.1) is 0 Å². The van der Waals surface area contributed by atoms with Crippen LogP contribution in [0.5, 0.6) is 0 Å². The van der Waals surface area contributed by atoms with Crippen LogP contribution in [0, 0.1) is 5.92 Å². The Labute approximate surface area is 153 Å². The maximum atomic E-state index is 2.39. The third-order valence-corrected chi connectivity index (χ3v) is 6.60. The Morgan fingerprint density at radius 3 is 1.96 bits per heavy atom. The molecule has 0 amide bonds. The highest BCUT2D eigenvalue weighted by Crippen LogP contribution is 2.50. The molecule has 25 heavy (non-hydrogen) atoms. The van der Waals surface area contributed by atoms with E-state index in [2.05, 4.69) is 79.7 Å². The quantitative estimate of drug-likeness (QED) is 0.343. The van der Waals surface area contributed by atoms with Crippen molar-refractivity contribution < 1.29 is 0 Å². The second-order valence-electron chi connectivity index (χ2n) is 6.98. The Bertz CT molecular complexity index is 949. The number of allylic oxidation sites excluding steroid dienone is 1. The molecule has 0 unspecified atom stereocenters. The molecular formula is C24H20S. The summed E-state index contributed by atoms with van der Waals surface area (Å²) in [4.78, 5) is 2.75. The summed E-state index contributed by atoms with van der Waals surface area (Å²) >= 11 is 1.90. The molecule has 0 N–H and O–H groups in total. The van der Waals surface area contributed by atoms with Gasteiger partial charge in [-0.15, -0.1) is 0 Å². The van der Waals surface area contributed by atoms with Gasteiger partial charge in [-0.1, -0.05) is 79.3 Å². The Morgan fingerprint density at radius 2 is 1.28 bits per heavy atom. The molecule has 3 aromatic rings. The van der Waals surface area contributed by atoms with E-state index in [0.29, 0.717) is 5.92 Å². The SMILES string of the molecule is C[C@H]1CCc2ccccc2C1=C1c2ccccc2Sc2ccccc21. The van der Waals surface area contributed by atoms with Gasteiger partial charge in [0.25, 0.3) is 0 Å². The highest BCUT2D eigenvalue weighted by molar-refractivity contribution is 7.99. The molecular weight excluding hydrogens is 320 g/mol. The molecule has 0 bridgehead atoms. The fourth-order valence-corrected chi connectivity index (χ4v) is 5.33. The van der Waals surface area contributed by atoms with Crippen LogP contribution in [0.15, 0.2) is 82.6 Å². The first kappa shape index (κ1) is 15.0. The lowest BCUT2D eigenvalue weighted by atomic mass is 9.75. The molecule has 1 aliphatic heterocycles. The van der Waals surface area contributed by atoms with Gasteiger partial charge in [-0.25, -0.2) is 0 Å². The lowest BCUT2D eigenvalue weighted by Crippen LogP contribution is -2.14. The van der Waals surface area contributed by atoms with Crippen LogP contribution >= 0.6 is 11.8 Å². The summed E-state index contributed by atoms with van der Waals surface area (Å²) in [6.07, 6.45) is 2.42. The molecule has 0 saturated heterocycles. The summed E-state index contributed by atoms with van der Waals surface area (Å²) in [5, 5.41) is 0. The van der Waals surface area contributed by atoms with Crippen molar-refractivity contribution in [2.45, 2.75) is 29.6 Å². The van der Waals surface area contributed by atoms with Crippen LogP contribution in [0.4, 0.5) is 0 Å². The van der Waals surface area contributed by atoms with Gasteiger partial charge in [-0.2, -0.15) is 0 Å². The minimum Gasteiger partial charge on any atom is -0.0888 e. The number of fused-ring (bicyclic) bond motifs is 3. The summed E-state index contributed by atoms with van der Waals surface area (Å²) in [5.41, 5.74) is 8.71. The van der Waals surface area contributed by atoms with Crippen LogP contribution in [0.2, 0.25) is 0 Å². The van der Waals surface area contributed by atoms with Gasteiger partial charge in [-0.3, -0.25) is 0 Å². The zero-order valence-corrected chi connectivity index (χ0v) is 15.1. The zero-order chi connectivity index (χ0) is 16.8. The van der Waals surface area contributed by atoms with Crippen molar-refractivity contribution in [1.82, 2.24) is 0 Å². The minimum absolute atomic E-state index is 0.578. The van der Waals surface area contributed by atoms with Gasteiger partial charge < -0.3 is 0 Å². The maximum absolute atomic E-state index is 2.39. The summed E-state index contributed by atoms with van der Waals surface area (Å²) in [5.74, 6) is 0.578. The smallest absolute Gasteiger partial charge is 0.0201 e. The summed E-state index contributed by atoms with van der Waals surface area (Å²) in [7, 11) is 0. The zero-order valence-electron chi connectivity index (χ0n) is 14.3. The van der Waals surface area contributed by atoms with Crippen molar-refractivity contribution in [2.24, 2.45) is 5.92 Å². The summed E-state index contributed by atoms with van der Waals surface area (Å²) in [6.45, 7) is 2.39. The lowest BCUT2D eigenvalue weighted by Gasteiger charge is -2.31. The molecule has 1 atom stereocenters. The van der Waals surface area contributed by atoms with Crippen LogP contribution in [-0.4, -0.2) is 0 Å². The standard InChI is InChI=1S/C24H20S/c1-16-14-15-17-8-2-3-9-18(17)23(16)24-19-10-4-6-12-21(19)25-22-13-7-5-11-20(22)24/h2-13,16H,14-15H2,1H3/t16-/m0/s1. The van der Waals surface area contributed by atoms with E-state index in [4.69, 9.17) is 0 Å². The van der Waals surface area contributed by atoms with Gasteiger partial charge >= 0.3 is 0 Å². The molecule has 0 saturated carbocycles. The second-order valence-corrected chi connectivity index (χ2v) is 8.06. The molecule has 1 heteroatoms. The van der Waals surface area contributed by atoms with E-state index in [1.165, 1.54) is 56.0 Å².